The topological polar surface area (TPSA) is 60.9 Å². The van der Waals surface area contributed by atoms with E-state index < -0.39 is 0 Å². The summed E-state index contributed by atoms with van der Waals surface area (Å²) in [4.78, 5) is 28.4. The van der Waals surface area contributed by atoms with Gasteiger partial charge in [0.1, 0.15) is 0 Å². The van der Waals surface area contributed by atoms with Crippen molar-refractivity contribution in [2.45, 2.75) is 52.0 Å². The second-order valence-electron chi connectivity index (χ2n) is 6.79. The highest BCUT2D eigenvalue weighted by Gasteiger charge is 2.38. The van der Waals surface area contributed by atoms with Gasteiger partial charge in [0.2, 0.25) is 11.8 Å². The maximum absolute atomic E-state index is 12.7. The van der Waals surface area contributed by atoms with E-state index in [9.17, 15) is 14.7 Å². The first-order chi connectivity index (χ1) is 10.0. The smallest absolute Gasteiger partial charge is 0.228 e. The van der Waals surface area contributed by atoms with Crippen molar-refractivity contribution in [2.24, 2.45) is 11.8 Å². The Morgan fingerprint density at radius 2 is 2.05 bits per heavy atom. The van der Waals surface area contributed by atoms with Crippen LogP contribution in [0.3, 0.4) is 0 Å². The van der Waals surface area contributed by atoms with E-state index in [2.05, 4.69) is 13.8 Å². The lowest BCUT2D eigenvalue weighted by Crippen LogP contribution is -2.44. The first-order valence-corrected chi connectivity index (χ1v) is 8.22. The maximum Gasteiger partial charge on any atom is 0.228 e. The van der Waals surface area contributed by atoms with Crippen LogP contribution in [-0.2, 0) is 9.59 Å². The molecule has 2 amide bonds. The summed E-state index contributed by atoms with van der Waals surface area (Å²) in [5.74, 6) is 0.363. The van der Waals surface area contributed by atoms with Crippen molar-refractivity contribution < 1.29 is 14.7 Å². The Hall–Kier alpha value is -1.10. The number of carbonyl (C=O) groups excluding carboxylic acids is 2. The van der Waals surface area contributed by atoms with Gasteiger partial charge in [-0.3, -0.25) is 9.59 Å². The fourth-order valence-electron chi connectivity index (χ4n) is 3.59. The van der Waals surface area contributed by atoms with Crippen LogP contribution in [0.15, 0.2) is 0 Å². The summed E-state index contributed by atoms with van der Waals surface area (Å²) in [5, 5.41) is 9.24. The summed E-state index contributed by atoms with van der Waals surface area (Å²) in [6, 6.07) is 0.263. The molecule has 1 saturated heterocycles. The first-order valence-electron chi connectivity index (χ1n) is 8.22. The minimum absolute atomic E-state index is 0.00137. The molecule has 0 bridgehead atoms. The van der Waals surface area contributed by atoms with Gasteiger partial charge in [-0.05, 0) is 18.8 Å². The van der Waals surface area contributed by atoms with E-state index in [0.29, 0.717) is 25.4 Å². The Balaban J connectivity index is 1.98. The molecule has 1 saturated carbocycles. The van der Waals surface area contributed by atoms with Gasteiger partial charge in [0.15, 0.2) is 0 Å². The molecular formula is C16H28N2O3. The van der Waals surface area contributed by atoms with Crippen LogP contribution in [0.5, 0.6) is 0 Å². The van der Waals surface area contributed by atoms with Crippen molar-refractivity contribution >= 4 is 11.8 Å². The molecule has 1 N–H and O–H groups in total. The molecule has 0 radical (unpaired) electrons. The predicted octanol–water partition coefficient (Wildman–Crippen LogP) is 1.25. The Morgan fingerprint density at radius 1 is 1.38 bits per heavy atom. The number of carbonyl (C=O) groups is 2. The molecular weight excluding hydrogens is 268 g/mol. The lowest BCUT2D eigenvalue weighted by molar-refractivity contribution is -0.138. The lowest BCUT2D eigenvalue weighted by Gasteiger charge is -2.30. The molecule has 2 fully saturated rings. The standard InChI is InChI=1S/C16H28N2O3/c1-12(2)10-17-11-13(9-15(17)20)16(21)18(7-8-19)14-5-3-4-6-14/h12-14,19H,3-11H2,1-2H3. The van der Waals surface area contributed by atoms with Crippen LogP contribution in [0.2, 0.25) is 0 Å². The number of aliphatic hydroxyl groups is 1. The zero-order valence-corrected chi connectivity index (χ0v) is 13.3. The summed E-state index contributed by atoms with van der Waals surface area (Å²) < 4.78 is 0. The average molecular weight is 296 g/mol. The fourth-order valence-corrected chi connectivity index (χ4v) is 3.59. The molecule has 21 heavy (non-hydrogen) atoms. The summed E-state index contributed by atoms with van der Waals surface area (Å²) in [7, 11) is 0. The minimum Gasteiger partial charge on any atom is -0.395 e. The van der Waals surface area contributed by atoms with Gasteiger partial charge in [-0.25, -0.2) is 0 Å². The van der Waals surface area contributed by atoms with E-state index >= 15 is 0 Å². The molecule has 1 atom stereocenters. The molecule has 5 nitrogen and oxygen atoms in total. The van der Waals surface area contributed by atoms with Crippen LogP contribution in [0.1, 0.15) is 46.0 Å². The molecule has 0 aromatic rings. The minimum atomic E-state index is -0.219. The Kier molecular flexibility index (Phi) is 5.62. The van der Waals surface area contributed by atoms with E-state index in [1.807, 2.05) is 9.80 Å². The van der Waals surface area contributed by atoms with Crippen molar-refractivity contribution in [3.63, 3.8) is 0 Å². The molecule has 2 rings (SSSR count). The van der Waals surface area contributed by atoms with E-state index in [0.717, 1.165) is 32.2 Å². The molecule has 1 heterocycles. The van der Waals surface area contributed by atoms with E-state index in [1.165, 1.54) is 0 Å². The average Bonchev–Trinajstić information content (AvgIpc) is 3.05. The third-order valence-electron chi connectivity index (χ3n) is 4.54. The SMILES string of the molecule is CC(C)CN1CC(C(=O)N(CCO)C2CCCC2)CC1=O. The van der Waals surface area contributed by atoms with Gasteiger partial charge < -0.3 is 14.9 Å². The third kappa shape index (κ3) is 3.96. The largest absolute Gasteiger partial charge is 0.395 e. The highest BCUT2D eigenvalue weighted by atomic mass is 16.3. The van der Waals surface area contributed by atoms with Crippen LogP contribution in [0.25, 0.3) is 0 Å². The summed E-state index contributed by atoms with van der Waals surface area (Å²) >= 11 is 0. The van der Waals surface area contributed by atoms with Crippen LogP contribution in [0.4, 0.5) is 0 Å². The summed E-state index contributed by atoms with van der Waals surface area (Å²) in [5.41, 5.74) is 0. The van der Waals surface area contributed by atoms with Crippen molar-refractivity contribution in [2.75, 3.05) is 26.2 Å². The summed E-state index contributed by atoms with van der Waals surface area (Å²) in [6.45, 7) is 5.84. The zero-order chi connectivity index (χ0) is 15.4. The highest BCUT2D eigenvalue weighted by Crippen LogP contribution is 2.27. The zero-order valence-electron chi connectivity index (χ0n) is 13.3. The van der Waals surface area contributed by atoms with Crippen molar-refractivity contribution in [3.05, 3.63) is 0 Å². The number of hydrogen-bond donors (Lipinski definition) is 1. The first kappa shape index (κ1) is 16.3. The number of aliphatic hydroxyl groups excluding tert-OH is 1. The lowest BCUT2D eigenvalue weighted by atomic mass is 10.0. The second-order valence-corrected chi connectivity index (χ2v) is 6.79. The Labute approximate surface area is 127 Å². The van der Waals surface area contributed by atoms with Gasteiger partial charge in [0.05, 0.1) is 12.5 Å². The summed E-state index contributed by atoms with van der Waals surface area (Å²) in [6.07, 6.45) is 4.70. The van der Waals surface area contributed by atoms with Gasteiger partial charge >= 0.3 is 0 Å². The molecule has 5 heteroatoms. The monoisotopic (exact) mass is 296 g/mol. The van der Waals surface area contributed by atoms with Crippen LogP contribution < -0.4 is 0 Å². The van der Waals surface area contributed by atoms with Gasteiger partial charge in [-0.2, -0.15) is 0 Å². The van der Waals surface area contributed by atoms with Gasteiger partial charge in [-0.1, -0.05) is 26.7 Å². The van der Waals surface area contributed by atoms with Crippen LogP contribution in [-0.4, -0.2) is 59.0 Å². The molecule has 1 aliphatic heterocycles. The number of hydrogen-bond acceptors (Lipinski definition) is 3. The van der Waals surface area contributed by atoms with E-state index in [-0.39, 0.29) is 30.4 Å². The molecule has 0 aromatic carbocycles. The van der Waals surface area contributed by atoms with E-state index in [1.54, 1.807) is 0 Å². The molecule has 1 aliphatic carbocycles. The van der Waals surface area contributed by atoms with Gasteiger partial charge in [0, 0.05) is 32.1 Å². The molecule has 2 aliphatic rings. The highest BCUT2D eigenvalue weighted by molar-refractivity contribution is 5.89. The molecule has 1 unspecified atom stereocenters. The third-order valence-corrected chi connectivity index (χ3v) is 4.54. The number of likely N-dealkylation sites (tertiary alicyclic amines) is 1. The van der Waals surface area contributed by atoms with Crippen LogP contribution in [0, 0.1) is 11.8 Å². The van der Waals surface area contributed by atoms with E-state index in [4.69, 9.17) is 0 Å². The second kappa shape index (κ2) is 7.25. The van der Waals surface area contributed by atoms with Crippen LogP contribution >= 0.6 is 0 Å². The normalized spacial score (nSPS) is 23.3. The number of rotatable bonds is 6. The molecule has 0 aromatic heterocycles. The Morgan fingerprint density at radius 3 is 2.62 bits per heavy atom. The number of amides is 2. The molecule has 0 spiro atoms. The quantitative estimate of drug-likeness (QED) is 0.802. The molecule has 120 valence electrons. The Bertz CT molecular complexity index is 378. The fraction of sp³-hybridized carbons (Fsp3) is 0.875. The predicted molar refractivity (Wildman–Crippen MR) is 80.6 cm³/mol. The van der Waals surface area contributed by atoms with Gasteiger partial charge in [-0.15, -0.1) is 0 Å². The van der Waals surface area contributed by atoms with Crippen molar-refractivity contribution in [3.8, 4) is 0 Å². The maximum atomic E-state index is 12.7. The van der Waals surface area contributed by atoms with Crippen molar-refractivity contribution in [1.29, 1.82) is 0 Å². The number of nitrogens with zero attached hydrogens (tertiary/aromatic N) is 2. The van der Waals surface area contributed by atoms with Crippen molar-refractivity contribution in [1.82, 2.24) is 9.80 Å². The van der Waals surface area contributed by atoms with Gasteiger partial charge in [0.25, 0.3) is 0 Å².